The fourth-order valence-electron chi connectivity index (χ4n) is 2.54. The fourth-order valence-corrected chi connectivity index (χ4v) is 5.51. The molecule has 21 heavy (non-hydrogen) atoms. The molecule has 0 spiro atoms. The van der Waals surface area contributed by atoms with Crippen LogP contribution in [0.1, 0.15) is 18.1 Å². The topological polar surface area (TPSA) is 62.3 Å². The van der Waals surface area contributed by atoms with Gasteiger partial charge in [0.2, 0.25) is 0 Å². The summed E-state index contributed by atoms with van der Waals surface area (Å²) >= 11 is 1.70. The molecule has 0 bridgehead atoms. The molecule has 1 atom stereocenters. The monoisotopic (exact) mass is 329 g/mol. The van der Waals surface area contributed by atoms with Crippen molar-refractivity contribution in [3.8, 4) is 0 Å². The Morgan fingerprint density at radius 2 is 2.29 bits per heavy atom. The van der Waals surface area contributed by atoms with Crippen LogP contribution in [-0.4, -0.2) is 49.6 Å². The Bertz CT molecular complexity index is 590. The van der Waals surface area contributed by atoms with Crippen LogP contribution in [0.3, 0.4) is 0 Å². The summed E-state index contributed by atoms with van der Waals surface area (Å²) in [5.41, 5.74) is 2.14. The summed E-state index contributed by atoms with van der Waals surface area (Å²) in [6.45, 7) is 5.20. The maximum Gasteiger partial charge on any atom is 0.171 e. The largest absolute Gasteiger partial charge is 0.338 e. The minimum atomic E-state index is -3.10. The highest BCUT2D eigenvalue weighted by Crippen LogP contribution is 2.28. The number of pyridine rings is 1. The lowest BCUT2D eigenvalue weighted by atomic mass is 10.2. The number of aromatic nitrogens is 1. The molecule has 1 saturated heterocycles. The third-order valence-corrected chi connectivity index (χ3v) is 6.95. The quantitative estimate of drug-likeness (QED) is 0.882. The molecule has 2 heterocycles. The van der Waals surface area contributed by atoms with Gasteiger partial charge in [-0.3, -0.25) is 0 Å². The van der Waals surface area contributed by atoms with Crippen molar-refractivity contribution >= 4 is 27.4 Å². The second-order valence-corrected chi connectivity index (χ2v) is 8.79. The summed E-state index contributed by atoms with van der Waals surface area (Å²) in [4.78, 5) is 6.50. The summed E-state index contributed by atoms with van der Waals surface area (Å²) in [6, 6.07) is 2.08. The molecule has 7 heteroatoms. The van der Waals surface area contributed by atoms with E-state index in [9.17, 15) is 8.42 Å². The van der Waals surface area contributed by atoms with Crippen LogP contribution >= 0.6 is 11.8 Å². The van der Waals surface area contributed by atoms with Crippen molar-refractivity contribution in [3.63, 3.8) is 0 Å². The average Bonchev–Trinajstić information content (AvgIpc) is 2.48. The van der Waals surface area contributed by atoms with Gasteiger partial charge >= 0.3 is 0 Å². The van der Waals surface area contributed by atoms with Gasteiger partial charge in [0.05, 0.1) is 0 Å². The molecule has 0 amide bonds. The van der Waals surface area contributed by atoms with Crippen LogP contribution in [0.5, 0.6) is 0 Å². The highest BCUT2D eigenvalue weighted by atomic mass is 32.2. The Labute approximate surface area is 131 Å². The van der Waals surface area contributed by atoms with E-state index in [-0.39, 0.29) is 5.75 Å². The number of sulfone groups is 1. The summed E-state index contributed by atoms with van der Waals surface area (Å²) < 4.78 is 24.7. The smallest absolute Gasteiger partial charge is 0.171 e. The molecule has 2 rings (SSSR count). The van der Waals surface area contributed by atoms with E-state index in [1.54, 1.807) is 18.7 Å². The van der Waals surface area contributed by atoms with Gasteiger partial charge in [-0.2, -0.15) is 11.8 Å². The van der Waals surface area contributed by atoms with Crippen LogP contribution in [-0.2, 0) is 16.4 Å². The predicted octanol–water partition coefficient (Wildman–Crippen LogP) is 1.42. The Morgan fingerprint density at radius 1 is 1.52 bits per heavy atom. The Hall–Kier alpha value is -0.790. The lowest BCUT2D eigenvalue weighted by Gasteiger charge is -2.36. The molecule has 1 N–H and O–H groups in total. The van der Waals surface area contributed by atoms with Gasteiger partial charge in [-0.1, -0.05) is 6.92 Å². The van der Waals surface area contributed by atoms with Gasteiger partial charge in [0.1, 0.15) is 11.2 Å². The molecular formula is C14H23N3O2S2. The zero-order chi connectivity index (χ0) is 15.5. The molecule has 1 aliphatic heterocycles. The van der Waals surface area contributed by atoms with E-state index >= 15 is 0 Å². The first-order valence-corrected chi connectivity index (χ1v) is 10.0. The van der Waals surface area contributed by atoms with Gasteiger partial charge in [-0.15, -0.1) is 0 Å². The SMILES string of the molecule is CCS(=O)(=O)C1CSCCN1c1ncc(CNC)cc1C. The lowest BCUT2D eigenvalue weighted by molar-refractivity contribution is 0.578. The van der Waals surface area contributed by atoms with E-state index in [4.69, 9.17) is 0 Å². The van der Waals surface area contributed by atoms with E-state index in [1.807, 2.05) is 25.1 Å². The van der Waals surface area contributed by atoms with Crippen molar-refractivity contribution in [1.29, 1.82) is 0 Å². The molecule has 0 saturated carbocycles. The Morgan fingerprint density at radius 3 is 2.90 bits per heavy atom. The Kier molecular flexibility index (Phi) is 5.51. The standard InChI is InChI=1S/C14H23N3O2S2/c1-4-21(18,19)13-10-20-6-5-17(13)14-11(2)7-12(8-15-3)9-16-14/h7,9,13,15H,4-6,8,10H2,1-3H3. The van der Waals surface area contributed by atoms with Crippen molar-refractivity contribution in [1.82, 2.24) is 10.3 Å². The molecule has 118 valence electrons. The molecule has 0 radical (unpaired) electrons. The average molecular weight is 329 g/mol. The first kappa shape index (κ1) is 16.6. The number of rotatable bonds is 5. The van der Waals surface area contributed by atoms with Crippen LogP contribution < -0.4 is 10.2 Å². The molecule has 1 aliphatic rings. The molecule has 5 nitrogen and oxygen atoms in total. The van der Waals surface area contributed by atoms with Crippen molar-refractivity contribution in [3.05, 3.63) is 23.4 Å². The molecule has 1 aromatic heterocycles. The first-order valence-electron chi connectivity index (χ1n) is 7.15. The molecule has 1 aromatic rings. The van der Waals surface area contributed by atoms with Gasteiger partial charge < -0.3 is 10.2 Å². The van der Waals surface area contributed by atoms with Crippen LogP contribution in [0.15, 0.2) is 12.3 Å². The molecule has 0 aliphatic carbocycles. The van der Waals surface area contributed by atoms with E-state index in [1.165, 1.54) is 0 Å². The summed E-state index contributed by atoms with van der Waals surface area (Å²) in [5, 5.41) is 2.64. The predicted molar refractivity (Wildman–Crippen MR) is 89.7 cm³/mol. The number of nitrogens with zero attached hydrogens (tertiary/aromatic N) is 2. The number of anilines is 1. The number of aryl methyl sites for hydroxylation is 1. The molecule has 1 fully saturated rings. The third kappa shape index (κ3) is 3.70. The van der Waals surface area contributed by atoms with Gasteiger partial charge in [-0.25, -0.2) is 13.4 Å². The highest BCUT2D eigenvalue weighted by Gasteiger charge is 2.34. The second kappa shape index (κ2) is 6.98. The molecule has 1 unspecified atom stereocenters. The van der Waals surface area contributed by atoms with Gasteiger partial charge in [0, 0.05) is 36.5 Å². The zero-order valence-electron chi connectivity index (χ0n) is 12.8. The molecular weight excluding hydrogens is 306 g/mol. The van der Waals surface area contributed by atoms with E-state index in [2.05, 4.69) is 16.4 Å². The van der Waals surface area contributed by atoms with Crippen molar-refractivity contribution in [2.75, 3.05) is 35.8 Å². The number of hydrogen-bond acceptors (Lipinski definition) is 6. The maximum absolute atomic E-state index is 12.3. The van der Waals surface area contributed by atoms with Gasteiger partial charge in [0.25, 0.3) is 0 Å². The summed E-state index contributed by atoms with van der Waals surface area (Å²) in [7, 11) is -1.21. The number of thioether (sulfide) groups is 1. The highest BCUT2D eigenvalue weighted by molar-refractivity contribution is 8.01. The lowest BCUT2D eigenvalue weighted by Crippen LogP contribution is -2.48. The van der Waals surface area contributed by atoms with Crippen LogP contribution in [0.4, 0.5) is 5.82 Å². The fraction of sp³-hybridized carbons (Fsp3) is 0.643. The first-order chi connectivity index (χ1) is 9.99. The number of hydrogen-bond donors (Lipinski definition) is 1. The van der Waals surface area contributed by atoms with Gasteiger partial charge in [-0.05, 0) is 31.2 Å². The van der Waals surface area contributed by atoms with Crippen molar-refractivity contribution in [2.45, 2.75) is 25.8 Å². The van der Waals surface area contributed by atoms with Gasteiger partial charge in [0.15, 0.2) is 9.84 Å². The maximum atomic E-state index is 12.3. The normalized spacial score (nSPS) is 19.8. The van der Waals surface area contributed by atoms with E-state index in [0.717, 1.165) is 35.8 Å². The van der Waals surface area contributed by atoms with Crippen LogP contribution in [0.2, 0.25) is 0 Å². The Balaban J connectivity index is 2.34. The van der Waals surface area contributed by atoms with E-state index in [0.29, 0.717) is 5.75 Å². The van der Waals surface area contributed by atoms with Crippen molar-refractivity contribution in [2.24, 2.45) is 0 Å². The number of nitrogens with one attached hydrogen (secondary N) is 1. The third-order valence-electron chi connectivity index (χ3n) is 3.66. The zero-order valence-corrected chi connectivity index (χ0v) is 14.4. The summed E-state index contributed by atoms with van der Waals surface area (Å²) in [6.07, 6.45) is 1.83. The van der Waals surface area contributed by atoms with Crippen LogP contribution in [0, 0.1) is 6.92 Å². The summed E-state index contributed by atoms with van der Waals surface area (Å²) in [5.74, 6) is 2.54. The van der Waals surface area contributed by atoms with E-state index < -0.39 is 15.2 Å². The van der Waals surface area contributed by atoms with Crippen LogP contribution in [0.25, 0.3) is 0 Å². The minimum Gasteiger partial charge on any atom is -0.338 e. The second-order valence-electron chi connectivity index (χ2n) is 5.19. The van der Waals surface area contributed by atoms with Crippen molar-refractivity contribution < 1.29 is 8.42 Å². The molecule has 0 aromatic carbocycles. The minimum absolute atomic E-state index is 0.172.